The highest BCUT2D eigenvalue weighted by Crippen LogP contribution is 2.36. The number of halogens is 2. The molecule has 0 atom stereocenters. The Morgan fingerprint density at radius 3 is 2.44 bits per heavy atom. The number of nitriles is 1. The largest absolute Gasteiger partial charge is 0.453 e. The van der Waals surface area contributed by atoms with Crippen LogP contribution in [0.2, 0.25) is 0 Å². The number of amides is 3. The lowest BCUT2D eigenvalue weighted by molar-refractivity contribution is -0.120. The topological polar surface area (TPSA) is 191 Å². The Hall–Kier alpha value is -6.17. The molecule has 17 nitrogen and oxygen atoms in total. The average Bonchev–Trinajstić information content (AvgIpc) is 3.56. The number of benzene rings is 3. The summed E-state index contributed by atoms with van der Waals surface area (Å²) in [5.41, 5.74) is 0.796. The molecule has 0 saturated carbocycles. The quantitative estimate of drug-likeness (QED) is 0.185. The maximum Gasteiger partial charge on any atom is 0.329 e. The Kier molecular flexibility index (Phi) is 11.4. The third kappa shape index (κ3) is 8.20. The van der Waals surface area contributed by atoms with Gasteiger partial charge in [0.1, 0.15) is 23.2 Å². The van der Waals surface area contributed by atoms with E-state index in [1.54, 1.807) is 41.7 Å². The lowest BCUT2D eigenvalue weighted by atomic mass is 9.94. The van der Waals surface area contributed by atoms with E-state index in [2.05, 4.69) is 29.9 Å². The van der Waals surface area contributed by atoms with Crippen LogP contribution in [0.15, 0.2) is 53.6 Å². The number of hydrogen-bond acceptors (Lipinski definition) is 11. The number of urea groups is 1. The number of aromatic nitrogens is 4. The number of piperidine rings is 2. The highest BCUT2D eigenvalue weighted by atomic mass is 32.2. The molecule has 2 aromatic heterocycles. The number of nitrogens with one attached hydrogen (secondary N) is 2. The molecule has 0 aliphatic carbocycles. The SMILES string of the molecule is CCN(C)S(=O)(=O)Nc1ccc(F)c(Oc2ccc3ncn(C4CCN(CC5CCN(c6cc7c(cc6F)c(N6CCC(=O)NC6=O)nn7C)CC5)CC4)c(=O)c3c2)c1C#N. The molecular formula is C41H45F2N11O6S. The minimum absolute atomic E-state index is 0.0727. The molecule has 0 unspecified atom stereocenters. The molecule has 0 spiro atoms. The van der Waals surface area contributed by atoms with Gasteiger partial charge in [0.05, 0.1) is 34.1 Å². The van der Waals surface area contributed by atoms with E-state index in [1.165, 1.54) is 30.1 Å². The molecule has 0 radical (unpaired) electrons. The van der Waals surface area contributed by atoms with Crippen LogP contribution in [0.1, 0.15) is 50.6 Å². The van der Waals surface area contributed by atoms with Crippen molar-refractivity contribution in [2.45, 2.75) is 45.1 Å². The van der Waals surface area contributed by atoms with Crippen molar-refractivity contribution < 1.29 is 31.5 Å². The number of likely N-dealkylation sites (tertiary alicyclic amines) is 1. The molecule has 5 aromatic rings. The predicted molar refractivity (Wildman–Crippen MR) is 224 cm³/mol. The molecule has 320 valence electrons. The molecule has 8 rings (SSSR count). The van der Waals surface area contributed by atoms with Crippen LogP contribution >= 0.6 is 0 Å². The van der Waals surface area contributed by atoms with Gasteiger partial charge >= 0.3 is 16.2 Å². The second-order valence-electron chi connectivity index (χ2n) is 15.7. The molecule has 3 amide bonds. The lowest BCUT2D eigenvalue weighted by Crippen LogP contribution is -2.49. The molecule has 3 aliphatic rings. The van der Waals surface area contributed by atoms with E-state index in [9.17, 15) is 28.1 Å². The van der Waals surface area contributed by atoms with Crippen LogP contribution in [0.3, 0.4) is 0 Å². The van der Waals surface area contributed by atoms with Crippen molar-refractivity contribution in [1.29, 1.82) is 5.26 Å². The Balaban J connectivity index is 0.891. The second-order valence-corrected chi connectivity index (χ2v) is 17.4. The molecule has 2 N–H and O–H groups in total. The predicted octanol–water partition coefficient (Wildman–Crippen LogP) is 4.83. The van der Waals surface area contributed by atoms with Gasteiger partial charge in [0.15, 0.2) is 17.4 Å². The smallest absolute Gasteiger partial charge is 0.329 e. The molecule has 3 saturated heterocycles. The molecule has 0 bridgehead atoms. The number of hydrogen-bond donors (Lipinski definition) is 2. The van der Waals surface area contributed by atoms with Crippen molar-refractivity contribution in [2.75, 3.05) is 67.4 Å². The first-order chi connectivity index (χ1) is 29.2. The molecule has 3 fully saturated rings. The highest BCUT2D eigenvalue weighted by molar-refractivity contribution is 7.90. The van der Waals surface area contributed by atoms with Crippen molar-refractivity contribution in [3.63, 3.8) is 0 Å². The van der Waals surface area contributed by atoms with Crippen LogP contribution in [-0.4, -0.2) is 102 Å². The fourth-order valence-corrected chi connectivity index (χ4v) is 9.30. The summed E-state index contributed by atoms with van der Waals surface area (Å²) < 4.78 is 68.5. The van der Waals surface area contributed by atoms with Crippen molar-refractivity contribution in [3.05, 3.63) is 76.3 Å². The van der Waals surface area contributed by atoms with Gasteiger partial charge in [-0.05, 0) is 74.1 Å². The summed E-state index contributed by atoms with van der Waals surface area (Å²) >= 11 is 0. The Morgan fingerprint density at radius 2 is 1.74 bits per heavy atom. The summed E-state index contributed by atoms with van der Waals surface area (Å²) in [6.07, 6.45) is 4.90. The third-order valence-corrected chi connectivity index (χ3v) is 13.5. The first-order valence-electron chi connectivity index (χ1n) is 20.1. The number of aryl methyl sites for hydroxylation is 1. The van der Waals surface area contributed by atoms with E-state index in [1.807, 2.05) is 6.07 Å². The van der Waals surface area contributed by atoms with E-state index in [4.69, 9.17) is 4.74 Å². The zero-order valence-corrected chi connectivity index (χ0v) is 34.7. The van der Waals surface area contributed by atoms with E-state index in [0.29, 0.717) is 46.9 Å². The lowest BCUT2D eigenvalue weighted by Gasteiger charge is -2.38. The van der Waals surface area contributed by atoms with Gasteiger partial charge in [0.25, 0.3) is 5.56 Å². The minimum Gasteiger partial charge on any atom is -0.453 e. The first-order valence-corrected chi connectivity index (χ1v) is 21.6. The molecule has 3 aliphatic heterocycles. The number of carbonyl (C=O) groups is 2. The van der Waals surface area contributed by atoms with Gasteiger partial charge in [0, 0.05) is 77.8 Å². The summed E-state index contributed by atoms with van der Waals surface area (Å²) in [5.74, 6) is -1.32. The van der Waals surface area contributed by atoms with Crippen molar-refractivity contribution >= 4 is 61.1 Å². The van der Waals surface area contributed by atoms with Crippen LogP contribution in [0.25, 0.3) is 21.8 Å². The van der Waals surface area contributed by atoms with Gasteiger partial charge in [-0.2, -0.15) is 23.1 Å². The number of imide groups is 1. The standard InChI is InChI=1S/C41H45F2N11O6S/c1-4-49(2)61(58,59)48-34-8-6-31(42)38(30(34)22-44)60-27-5-7-33-28(19-27)40(56)54(24-45-33)26-11-14-51(15-12-26)23-25-9-16-52(17-10-25)36-21-35-29(20-32(36)43)39(47-50(35)3)53-18-13-37(55)46-41(53)57/h5-8,19-21,24-26,48H,4,9-18,23H2,1-3H3,(H,46,55,57). The first kappa shape index (κ1) is 41.6. The van der Waals surface area contributed by atoms with Gasteiger partial charge in [-0.15, -0.1) is 0 Å². The van der Waals surface area contributed by atoms with Gasteiger partial charge < -0.3 is 14.5 Å². The van der Waals surface area contributed by atoms with Gasteiger partial charge in [0.2, 0.25) is 5.91 Å². The Labute approximate surface area is 350 Å². The summed E-state index contributed by atoms with van der Waals surface area (Å²) in [7, 11) is -0.905. The molecule has 5 heterocycles. The third-order valence-electron chi connectivity index (χ3n) is 11.9. The van der Waals surface area contributed by atoms with Gasteiger partial charge in [-0.1, -0.05) is 6.92 Å². The zero-order chi connectivity index (χ0) is 43.2. The van der Waals surface area contributed by atoms with E-state index in [0.717, 1.165) is 61.8 Å². The summed E-state index contributed by atoms with van der Waals surface area (Å²) in [6.45, 7) is 5.79. The van der Waals surface area contributed by atoms with Crippen LogP contribution < -0.4 is 30.1 Å². The Morgan fingerprint density at radius 1 is 0.984 bits per heavy atom. The number of rotatable bonds is 11. The maximum absolute atomic E-state index is 15.7. The second kappa shape index (κ2) is 16.7. The van der Waals surface area contributed by atoms with Gasteiger partial charge in [-0.25, -0.2) is 18.6 Å². The number of ether oxygens (including phenoxy) is 1. The van der Waals surface area contributed by atoms with E-state index < -0.39 is 33.6 Å². The zero-order valence-electron chi connectivity index (χ0n) is 33.9. The Bertz CT molecular complexity index is 2760. The highest BCUT2D eigenvalue weighted by Gasteiger charge is 2.31. The van der Waals surface area contributed by atoms with Crippen LogP contribution in [0.5, 0.6) is 11.5 Å². The average molecular weight is 858 g/mol. The van der Waals surface area contributed by atoms with E-state index in [-0.39, 0.29) is 59.4 Å². The normalized spacial score (nSPS) is 17.3. The molecule has 61 heavy (non-hydrogen) atoms. The summed E-state index contributed by atoms with van der Waals surface area (Å²) in [6, 6.07) is 11.0. The molecule has 3 aromatic carbocycles. The fraction of sp³-hybridized carbons (Fsp3) is 0.415. The molecular weight excluding hydrogens is 813 g/mol. The number of nitrogens with zero attached hydrogens (tertiary/aromatic N) is 9. The van der Waals surface area contributed by atoms with Crippen molar-refractivity contribution in [1.82, 2.24) is 33.9 Å². The van der Waals surface area contributed by atoms with Crippen molar-refractivity contribution in [3.8, 4) is 17.6 Å². The summed E-state index contributed by atoms with van der Waals surface area (Å²) in [5, 5.41) is 17.4. The van der Waals surface area contributed by atoms with Crippen LogP contribution in [0, 0.1) is 28.9 Å². The van der Waals surface area contributed by atoms with Crippen LogP contribution in [-0.2, 0) is 22.1 Å². The summed E-state index contributed by atoms with van der Waals surface area (Å²) in [4.78, 5) is 48.4. The minimum atomic E-state index is -4.02. The number of carbonyl (C=O) groups excluding carboxylic acids is 2. The van der Waals surface area contributed by atoms with E-state index >= 15 is 8.78 Å². The van der Waals surface area contributed by atoms with Crippen molar-refractivity contribution in [2.24, 2.45) is 13.0 Å². The molecule has 20 heteroatoms. The number of anilines is 3. The van der Waals surface area contributed by atoms with Crippen LogP contribution in [0.4, 0.5) is 30.8 Å². The monoisotopic (exact) mass is 857 g/mol. The maximum atomic E-state index is 15.7. The number of fused-ring (bicyclic) bond motifs is 2. The van der Waals surface area contributed by atoms with Gasteiger partial charge in [-0.3, -0.25) is 33.8 Å². The fourth-order valence-electron chi connectivity index (χ4n) is 8.35.